The molecule has 2 aromatic heterocycles. The first-order chi connectivity index (χ1) is 33.1. The van der Waals surface area contributed by atoms with Crippen LogP contribution in [0, 0.1) is 12.3 Å². The van der Waals surface area contributed by atoms with Crippen molar-refractivity contribution in [3.63, 3.8) is 0 Å². The Labute approximate surface area is 408 Å². The van der Waals surface area contributed by atoms with Gasteiger partial charge < -0.3 is 41.1 Å². The van der Waals surface area contributed by atoms with Crippen molar-refractivity contribution >= 4 is 40.8 Å². The molecule has 0 saturated carbocycles. The van der Waals surface area contributed by atoms with Crippen LogP contribution in [-0.2, 0) is 25.7 Å². The summed E-state index contributed by atoms with van der Waals surface area (Å²) in [6.45, 7) is 8.88. The number of nitrogens with two attached hydrogens (primary N) is 1. The number of nitrogen functional groups attached to an aromatic ring is 1. The second-order valence-corrected chi connectivity index (χ2v) is 20.3. The Bertz CT molecular complexity index is 2530. The van der Waals surface area contributed by atoms with E-state index in [0.29, 0.717) is 49.4 Å². The largest absolute Gasteiger partial charge is 0.507 e. The summed E-state index contributed by atoms with van der Waals surface area (Å²) >= 11 is 1.58. The van der Waals surface area contributed by atoms with Crippen LogP contribution >= 0.6 is 11.3 Å². The van der Waals surface area contributed by atoms with Crippen molar-refractivity contribution in [1.82, 2.24) is 35.6 Å². The van der Waals surface area contributed by atoms with Gasteiger partial charge in [-0.05, 0) is 60.4 Å². The lowest BCUT2D eigenvalue weighted by Gasteiger charge is -2.38. The number of amides is 4. The van der Waals surface area contributed by atoms with Crippen LogP contribution in [0.15, 0.2) is 90.4 Å². The van der Waals surface area contributed by atoms with E-state index in [4.69, 9.17) is 10.5 Å². The third-order valence-corrected chi connectivity index (χ3v) is 14.0. The number of likely N-dealkylation sites (tertiary alicyclic amines) is 2. The minimum atomic E-state index is -0.885. The van der Waals surface area contributed by atoms with Crippen molar-refractivity contribution in [2.45, 2.75) is 129 Å². The van der Waals surface area contributed by atoms with Gasteiger partial charge in [-0.15, -0.1) is 21.5 Å². The molecule has 366 valence electrons. The Hall–Kier alpha value is -6.39. The first-order valence-electron chi connectivity index (χ1n) is 24.1. The van der Waals surface area contributed by atoms with Gasteiger partial charge in [-0.3, -0.25) is 19.2 Å². The molecule has 5 atom stereocenters. The van der Waals surface area contributed by atoms with Crippen molar-refractivity contribution in [2.24, 2.45) is 5.41 Å². The van der Waals surface area contributed by atoms with Gasteiger partial charge in [0, 0.05) is 56.4 Å². The van der Waals surface area contributed by atoms with Gasteiger partial charge in [-0.25, -0.2) is 4.98 Å². The molecule has 2 saturated heterocycles. The maximum Gasteiger partial charge on any atom is 0.246 e. The number of aliphatic hydroxyl groups is 1. The highest BCUT2D eigenvalue weighted by molar-refractivity contribution is 7.13. The van der Waals surface area contributed by atoms with E-state index in [1.807, 2.05) is 80.6 Å². The van der Waals surface area contributed by atoms with Gasteiger partial charge in [0.05, 0.1) is 28.7 Å². The predicted molar refractivity (Wildman–Crippen MR) is 267 cm³/mol. The zero-order chi connectivity index (χ0) is 49.1. The molecule has 0 bridgehead atoms. The van der Waals surface area contributed by atoms with Crippen molar-refractivity contribution in [1.29, 1.82) is 0 Å². The molecule has 16 heteroatoms. The molecule has 15 nitrogen and oxygen atoms in total. The molecule has 3 unspecified atom stereocenters. The van der Waals surface area contributed by atoms with Crippen molar-refractivity contribution in [3.05, 3.63) is 107 Å². The van der Waals surface area contributed by atoms with Crippen molar-refractivity contribution in [3.8, 4) is 33.2 Å². The van der Waals surface area contributed by atoms with E-state index in [2.05, 4.69) is 37.9 Å². The number of phenolic OH excluding ortho intramolecular Hbond substituents is 1. The molecule has 2 aliphatic rings. The van der Waals surface area contributed by atoms with Crippen LogP contribution in [0.3, 0.4) is 0 Å². The van der Waals surface area contributed by atoms with Crippen LogP contribution in [0.5, 0.6) is 11.5 Å². The number of rotatable bonds is 19. The van der Waals surface area contributed by atoms with E-state index in [0.717, 1.165) is 59.4 Å². The minimum Gasteiger partial charge on any atom is -0.507 e. The average Bonchev–Trinajstić information content (AvgIpc) is 3.96. The second kappa shape index (κ2) is 23.3. The number of nitrogens with one attached hydrogen (secondary N) is 2. The summed E-state index contributed by atoms with van der Waals surface area (Å²) < 4.78 is 6.47. The number of aliphatic hydroxyl groups excluding tert-OH is 1. The standard InChI is InChI=1S/C53H66N8O7S/c1-34-48(69-33-56-34)37-24-22-35(23-25-37)29-55-51(66)43-27-39(62)31-61(43)52(67)49(53(2,3)4)57-46(64)20-12-7-5-6-8-13-21-47(65)60-30-38(36-16-10-9-11-17-36)26-40(32-60)68-45-28-42(58-59-50(45)54)41-18-14-15-19-44(41)63/h9-11,14-19,22-25,28,33,38-40,43,49,62-63H,5-8,12-13,20-21,26-27,29-32H2,1-4H3,(H2,54,59)(H,55,66)(H,57,64)/t38?,39-,40?,43+,49?/m0/s1. The summed E-state index contributed by atoms with van der Waals surface area (Å²) in [6, 6.07) is 24.8. The zero-order valence-electron chi connectivity index (χ0n) is 40.1. The summed E-state index contributed by atoms with van der Waals surface area (Å²) in [5, 5.41) is 35.2. The van der Waals surface area contributed by atoms with Crippen LogP contribution in [0.2, 0.25) is 0 Å². The number of carbonyl (C=O) groups is 4. The molecule has 69 heavy (non-hydrogen) atoms. The van der Waals surface area contributed by atoms with Crippen molar-refractivity contribution in [2.75, 3.05) is 25.4 Å². The maximum atomic E-state index is 14.1. The first kappa shape index (κ1) is 50.5. The molecular weight excluding hydrogens is 893 g/mol. The number of nitrogens with zero attached hydrogens (tertiary/aromatic N) is 5. The number of phenols is 1. The summed E-state index contributed by atoms with van der Waals surface area (Å²) in [4.78, 5) is 63.3. The van der Waals surface area contributed by atoms with E-state index in [1.165, 1.54) is 4.90 Å². The number of ether oxygens (including phenoxy) is 1. The van der Waals surface area contributed by atoms with Crippen molar-refractivity contribution < 1.29 is 34.1 Å². The number of piperidine rings is 1. The zero-order valence-corrected chi connectivity index (χ0v) is 40.9. The van der Waals surface area contributed by atoms with Gasteiger partial charge in [-0.2, -0.15) is 0 Å². The van der Waals surface area contributed by atoms with Crippen LogP contribution in [0.25, 0.3) is 21.7 Å². The van der Waals surface area contributed by atoms with Crippen LogP contribution < -0.4 is 21.1 Å². The number of hydrogen-bond acceptors (Lipinski definition) is 12. The Kier molecular flexibility index (Phi) is 17.0. The highest BCUT2D eigenvalue weighted by Crippen LogP contribution is 2.35. The van der Waals surface area contributed by atoms with E-state index in [9.17, 15) is 29.4 Å². The molecule has 2 fully saturated rings. The van der Waals surface area contributed by atoms with Gasteiger partial charge in [-0.1, -0.05) is 113 Å². The van der Waals surface area contributed by atoms with Gasteiger partial charge in [0.1, 0.15) is 29.6 Å². The third-order valence-electron chi connectivity index (χ3n) is 13.1. The molecular formula is C53H66N8O7S. The molecule has 4 amide bonds. The van der Waals surface area contributed by atoms with Gasteiger partial charge in [0.25, 0.3) is 0 Å². The highest BCUT2D eigenvalue weighted by Gasteiger charge is 2.44. The van der Waals surface area contributed by atoms with Crippen LogP contribution in [0.4, 0.5) is 5.82 Å². The van der Waals surface area contributed by atoms with Gasteiger partial charge in [0.15, 0.2) is 11.6 Å². The Balaban J connectivity index is 0.839. The lowest BCUT2D eigenvalue weighted by molar-refractivity contribution is -0.144. The SMILES string of the molecule is Cc1ncsc1-c1ccc(CNC(=O)[C@H]2C[C@H](O)CN2C(=O)C(NC(=O)CCCCCCCCC(=O)N2CC(Oc3cc(-c4ccccc4O)nnc3N)CC(c3ccccc3)C2)C(C)(C)C)cc1. The summed E-state index contributed by atoms with van der Waals surface area (Å²) in [6.07, 6.45) is 5.18. The fraction of sp³-hybridized carbons (Fsp3) is 0.453. The molecule has 0 radical (unpaired) electrons. The number of thiazole rings is 1. The number of β-amino-alcohol motifs (C(OH)–C–C–N with tert-alkyl or cyclic N) is 1. The molecule has 2 aliphatic heterocycles. The van der Waals surface area contributed by atoms with Crippen LogP contribution in [0.1, 0.15) is 108 Å². The Morgan fingerprint density at radius 3 is 2.26 bits per heavy atom. The Morgan fingerprint density at radius 2 is 1.57 bits per heavy atom. The number of aromatic nitrogens is 3. The minimum absolute atomic E-state index is 0.0124. The number of unbranched alkanes of at least 4 members (excludes halogenated alkanes) is 5. The number of anilines is 1. The lowest BCUT2D eigenvalue weighted by Crippen LogP contribution is -2.57. The second-order valence-electron chi connectivity index (χ2n) is 19.4. The number of aromatic hydroxyl groups is 1. The van der Waals surface area contributed by atoms with Gasteiger partial charge >= 0.3 is 0 Å². The van der Waals surface area contributed by atoms with E-state index in [1.54, 1.807) is 41.7 Å². The molecule has 0 aliphatic carbocycles. The average molecular weight is 959 g/mol. The van der Waals surface area contributed by atoms with E-state index in [-0.39, 0.29) is 73.1 Å². The summed E-state index contributed by atoms with van der Waals surface area (Å²) in [7, 11) is 0. The predicted octanol–water partition coefficient (Wildman–Crippen LogP) is 7.56. The van der Waals surface area contributed by atoms with Gasteiger partial charge in [0.2, 0.25) is 23.6 Å². The molecule has 5 aromatic rings. The maximum absolute atomic E-state index is 14.1. The topological polar surface area (TPSA) is 213 Å². The quantitative estimate of drug-likeness (QED) is 0.0510. The molecule has 6 N–H and O–H groups in total. The van der Waals surface area contributed by atoms with E-state index < -0.39 is 23.6 Å². The number of para-hydroxylation sites is 1. The summed E-state index contributed by atoms with van der Waals surface area (Å²) in [5.41, 5.74) is 12.4. The third kappa shape index (κ3) is 13.4. The fourth-order valence-electron chi connectivity index (χ4n) is 9.23. The fourth-order valence-corrected chi connectivity index (χ4v) is 10.0. The molecule has 4 heterocycles. The number of aryl methyl sites for hydroxylation is 1. The molecule has 0 spiro atoms. The molecule has 7 rings (SSSR count). The number of hydrogen-bond donors (Lipinski definition) is 5. The van der Waals surface area contributed by atoms with E-state index >= 15 is 0 Å². The Morgan fingerprint density at radius 1 is 0.870 bits per heavy atom. The first-order valence-corrected chi connectivity index (χ1v) is 25.0. The smallest absolute Gasteiger partial charge is 0.246 e. The van der Waals surface area contributed by atoms with Crippen LogP contribution in [-0.4, -0.2) is 103 Å². The highest BCUT2D eigenvalue weighted by atomic mass is 32.1. The lowest BCUT2D eigenvalue weighted by atomic mass is 9.85. The normalized spacial score (nSPS) is 18.7. The number of benzene rings is 3. The number of carbonyl (C=O) groups excluding carboxylic acids is 4. The monoisotopic (exact) mass is 958 g/mol. The molecule has 3 aromatic carbocycles. The summed E-state index contributed by atoms with van der Waals surface area (Å²) in [5.74, 6) is -0.282.